The van der Waals surface area contributed by atoms with Crippen LogP contribution in [0.25, 0.3) is 0 Å². The molecular formula is C18H36N2O4S2. The van der Waals surface area contributed by atoms with Gasteiger partial charge in [-0.15, -0.1) is 0 Å². The normalized spacial score (nSPS) is 24.8. The van der Waals surface area contributed by atoms with Gasteiger partial charge in [-0.3, -0.25) is 0 Å². The Hall–Kier alpha value is -0.180. The van der Waals surface area contributed by atoms with E-state index in [0.29, 0.717) is 19.0 Å². The SMILES string of the molecule is CS(=O)(=O)CCN1CCC(CCC2CCCN(CCS(C)(=O)=O)C2)CC1. The summed E-state index contributed by atoms with van der Waals surface area (Å²) < 4.78 is 45.3. The largest absolute Gasteiger partial charge is 0.302 e. The van der Waals surface area contributed by atoms with Crippen molar-refractivity contribution in [1.29, 1.82) is 0 Å². The fraction of sp³-hybridized carbons (Fsp3) is 1.00. The molecule has 26 heavy (non-hydrogen) atoms. The summed E-state index contributed by atoms with van der Waals surface area (Å²) in [6.07, 6.45) is 9.91. The maximum Gasteiger partial charge on any atom is 0.148 e. The average Bonchev–Trinajstić information content (AvgIpc) is 2.56. The van der Waals surface area contributed by atoms with Crippen LogP contribution in [0.15, 0.2) is 0 Å². The number of sulfone groups is 2. The van der Waals surface area contributed by atoms with Gasteiger partial charge in [0, 0.05) is 32.1 Å². The quantitative estimate of drug-likeness (QED) is 0.572. The van der Waals surface area contributed by atoms with Gasteiger partial charge in [-0.25, -0.2) is 16.8 Å². The van der Waals surface area contributed by atoms with Gasteiger partial charge in [0.15, 0.2) is 0 Å². The van der Waals surface area contributed by atoms with E-state index in [4.69, 9.17) is 0 Å². The molecule has 2 aliphatic heterocycles. The van der Waals surface area contributed by atoms with Gasteiger partial charge in [0.25, 0.3) is 0 Å². The highest BCUT2D eigenvalue weighted by molar-refractivity contribution is 7.90. The van der Waals surface area contributed by atoms with Crippen molar-refractivity contribution in [2.24, 2.45) is 11.8 Å². The molecule has 0 aliphatic carbocycles. The summed E-state index contributed by atoms with van der Waals surface area (Å²) in [6.45, 7) is 5.46. The third-order valence-electron chi connectivity index (χ3n) is 5.85. The Balaban J connectivity index is 1.63. The zero-order valence-electron chi connectivity index (χ0n) is 16.4. The van der Waals surface area contributed by atoms with Crippen LogP contribution in [0.2, 0.25) is 0 Å². The van der Waals surface area contributed by atoms with Gasteiger partial charge >= 0.3 is 0 Å². The second-order valence-corrected chi connectivity index (χ2v) is 13.0. The van der Waals surface area contributed by atoms with Crippen molar-refractivity contribution in [2.45, 2.75) is 38.5 Å². The Labute approximate surface area is 160 Å². The minimum atomic E-state index is -2.87. The van der Waals surface area contributed by atoms with Crippen LogP contribution in [0.3, 0.4) is 0 Å². The molecule has 6 nitrogen and oxygen atoms in total. The van der Waals surface area contributed by atoms with Crippen LogP contribution in [-0.2, 0) is 19.7 Å². The first kappa shape index (κ1) is 22.1. The van der Waals surface area contributed by atoms with E-state index in [1.807, 2.05) is 0 Å². The monoisotopic (exact) mass is 408 g/mol. The van der Waals surface area contributed by atoms with Gasteiger partial charge in [-0.2, -0.15) is 0 Å². The topological polar surface area (TPSA) is 74.8 Å². The first-order valence-corrected chi connectivity index (χ1v) is 14.0. The van der Waals surface area contributed by atoms with Crippen LogP contribution in [0, 0.1) is 11.8 Å². The van der Waals surface area contributed by atoms with Gasteiger partial charge in [0.2, 0.25) is 0 Å². The van der Waals surface area contributed by atoms with E-state index in [1.165, 1.54) is 51.0 Å². The maximum absolute atomic E-state index is 11.4. The second kappa shape index (κ2) is 9.85. The molecule has 2 aliphatic rings. The van der Waals surface area contributed by atoms with Crippen LogP contribution in [-0.4, -0.2) is 89.9 Å². The fourth-order valence-corrected chi connectivity index (χ4v) is 5.33. The number of piperidine rings is 2. The molecule has 2 heterocycles. The van der Waals surface area contributed by atoms with Crippen LogP contribution in [0.1, 0.15) is 38.5 Å². The highest BCUT2D eigenvalue weighted by Gasteiger charge is 2.24. The van der Waals surface area contributed by atoms with Crippen LogP contribution < -0.4 is 0 Å². The Bertz CT molecular complexity index is 626. The lowest BCUT2D eigenvalue weighted by Crippen LogP contribution is -2.39. The number of nitrogens with zero attached hydrogens (tertiary/aromatic N) is 2. The van der Waals surface area contributed by atoms with Gasteiger partial charge in [0.05, 0.1) is 11.5 Å². The number of rotatable bonds is 9. The average molecular weight is 409 g/mol. The molecule has 0 saturated carbocycles. The van der Waals surface area contributed by atoms with Crippen molar-refractivity contribution in [3.8, 4) is 0 Å². The summed E-state index contributed by atoms with van der Waals surface area (Å²) in [6, 6.07) is 0. The van der Waals surface area contributed by atoms with Crippen molar-refractivity contribution in [2.75, 3.05) is 63.3 Å². The summed E-state index contributed by atoms with van der Waals surface area (Å²) in [4.78, 5) is 4.61. The highest BCUT2D eigenvalue weighted by Crippen LogP contribution is 2.27. The molecule has 0 amide bonds. The van der Waals surface area contributed by atoms with Crippen molar-refractivity contribution >= 4 is 19.7 Å². The van der Waals surface area contributed by atoms with E-state index >= 15 is 0 Å². The Morgan fingerprint density at radius 3 is 1.85 bits per heavy atom. The molecule has 0 aromatic rings. The Morgan fingerprint density at radius 2 is 1.27 bits per heavy atom. The van der Waals surface area contributed by atoms with E-state index < -0.39 is 19.7 Å². The summed E-state index contributed by atoms with van der Waals surface area (Å²) in [5.74, 6) is 2.00. The molecule has 0 bridgehead atoms. The summed E-state index contributed by atoms with van der Waals surface area (Å²) in [5, 5.41) is 0. The molecule has 0 spiro atoms. The smallest absolute Gasteiger partial charge is 0.148 e. The van der Waals surface area contributed by atoms with Gasteiger partial charge in [-0.05, 0) is 63.6 Å². The van der Waals surface area contributed by atoms with Crippen molar-refractivity contribution in [3.63, 3.8) is 0 Å². The van der Waals surface area contributed by atoms with Crippen molar-refractivity contribution in [3.05, 3.63) is 0 Å². The lowest BCUT2D eigenvalue weighted by molar-refractivity contribution is 0.151. The Morgan fingerprint density at radius 1 is 0.731 bits per heavy atom. The third kappa shape index (κ3) is 9.15. The third-order valence-corrected chi connectivity index (χ3v) is 7.70. The molecule has 0 aromatic heterocycles. The Kier molecular flexibility index (Phi) is 8.37. The minimum Gasteiger partial charge on any atom is -0.302 e. The zero-order chi connectivity index (χ0) is 19.2. The number of likely N-dealkylation sites (tertiary alicyclic amines) is 2. The lowest BCUT2D eigenvalue weighted by Gasteiger charge is -2.35. The highest BCUT2D eigenvalue weighted by atomic mass is 32.2. The van der Waals surface area contributed by atoms with E-state index in [0.717, 1.165) is 32.1 Å². The van der Waals surface area contributed by atoms with Gasteiger partial charge in [-0.1, -0.05) is 6.42 Å². The van der Waals surface area contributed by atoms with Crippen molar-refractivity contribution < 1.29 is 16.8 Å². The molecule has 2 saturated heterocycles. The molecule has 0 aromatic carbocycles. The van der Waals surface area contributed by atoms with E-state index in [1.54, 1.807) is 0 Å². The summed E-state index contributed by atoms with van der Waals surface area (Å²) in [7, 11) is -5.74. The molecule has 2 fully saturated rings. The van der Waals surface area contributed by atoms with Crippen LogP contribution in [0.5, 0.6) is 0 Å². The summed E-state index contributed by atoms with van der Waals surface area (Å²) in [5.41, 5.74) is 0. The molecule has 2 rings (SSSR count). The predicted octanol–water partition coefficient (Wildman–Crippen LogP) is 1.28. The second-order valence-electron chi connectivity index (χ2n) is 8.43. The number of hydrogen-bond acceptors (Lipinski definition) is 6. The van der Waals surface area contributed by atoms with Gasteiger partial charge in [0.1, 0.15) is 19.7 Å². The molecule has 0 N–H and O–H groups in total. The zero-order valence-corrected chi connectivity index (χ0v) is 18.0. The van der Waals surface area contributed by atoms with Crippen LogP contribution in [0.4, 0.5) is 0 Å². The molecule has 0 radical (unpaired) electrons. The molecule has 154 valence electrons. The van der Waals surface area contributed by atoms with Gasteiger partial charge < -0.3 is 9.80 Å². The lowest BCUT2D eigenvalue weighted by atomic mass is 9.86. The molecule has 1 atom stereocenters. The molecular weight excluding hydrogens is 372 g/mol. The first-order valence-electron chi connectivity index (χ1n) is 9.91. The predicted molar refractivity (Wildman–Crippen MR) is 107 cm³/mol. The minimum absolute atomic E-state index is 0.267. The maximum atomic E-state index is 11.4. The fourth-order valence-electron chi connectivity index (χ4n) is 4.15. The van der Waals surface area contributed by atoms with Crippen molar-refractivity contribution in [1.82, 2.24) is 9.80 Å². The first-order chi connectivity index (χ1) is 12.1. The van der Waals surface area contributed by atoms with E-state index in [-0.39, 0.29) is 11.5 Å². The van der Waals surface area contributed by atoms with Crippen LogP contribution >= 0.6 is 0 Å². The van der Waals surface area contributed by atoms with E-state index in [9.17, 15) is 16.8 Å². The summed E-state index contributed by atoms with van der Waals surface area (Å²) >= 11 is 0. The number of hydrogen-bond donors (Lipinski definition) is 0. The standard InChI is InChI=1S/C18H36N2O4S2/c1-25(21,22)14-12-19-10-7-17(8-11-19)5-6-18-4-3-9-20(16-18)13-15-26(2,23)24/h17-18H,3-16H2,1-2H3. The molecule has 1 unspecified atom stereocenters. The van der Waals surface area contributed by atoms with E-state index in [2.05, 4.69) is 9.80 Å². The molecule has 8 heteroatoms.